The van der Waals surface area contributed by atoms with Crippen molar-refractivity contribution in [2.75, 3.05) is 5.32 Å². The van der Waals surface area contributed by atoms with Gasteiger partial charge in [0.1, 0.15) is 6.33 Å². The van der Waals surface area contributed by atoms with Crippen LogP contribution in [0.5, 0.6) is 0 Å². The van der Waals surface area contributed by atoms with Gasteiger partial charge in [0.2, 0.25) is 5.91 Å². The molecule has 1 aliphatic carbocycles. The van der Waals surface area contributed by atoms with E-state index in [9.17, 15) is 9.59 Å². The van der Waals surface area contributed by atoms with Gasteiger partial charge in [-0.25, -0.2) is 14.8 Å². The van der Waals surface area contributed by atoms with Crippen molar-refractivity contribution in [1.82, 2.24) is 19.7 Å². The zero-order chi connectivity index (χ0) is 17.1. The van der Waals surface area contributed by atoms with E-state index in [0.717, 1.165) is 12.8 Å². The topological polar surface area (TPSA) is 125 Å². The number of primary amides is 1. The van der Waals surface area contributed by atoms with Gasteiger partial charge in [-0.05, 0) is 37.8 Å². The molecule has 0 unspecified atom stereocenters. The van der Waals surface area contributed by atoms with Crippen LogP contribution in [0.3, 0.4) is 0 Å². The van der Waals surface area contributed by atoms with Gasteiger partial charge in [0.25, 0.3) is 0 Å². The molecule has 1 atom stereocenters. The van der Waals surface area contributed by atoms with Crippen molar-refractivity contribution in [1.29, 1.82) is 0 Å². The fourth-order valence-electron chi connectivity index (χ4n) is 2.31. The van der Waals surface area contributed by atoms with E-state index in [-0.39, 0.29) is 5.91 Å². The van der Waals surface area contributed by atoms with E-state index < -0.39 is 12.2 Å². The summed E-state index contributed by atoms with van der Waals surface area (Å²) in [7, 11) is 0. The first-order valence-corrected chi connectivity index (χ1v) is 7.65. The van der Waals surface area contributed by atoms with Crippen molar-refractivity contribution < 1.29 is 14.3 Å². The van der Waals surface area contributed by atoms with Gasteiger partial charge >= 0.3 is 6.09 Å². The third kappa shape index (κ3) is 3.86. The molecule has 0 aliphatic heterocycles. The Morgan fingerprint density at radius 1 is 1.42 bits per heavy atom. The molecule has 0 saturated heterocycles. The van der Waals surface area contributed by atoms with Crippen LogP contribution in [0.15, 0.2) is 24.7 Å². The molecule has 9 heteroatoms. The highest BCUT2D eigenvalue weighted by Crippen LogP contribution is 2.32. The Hall–Kier alpha value is -2.97. The van der Waals surface area contributed by atoms with Gasteiger partial charge in [0.15, 0.2) is 17.7 Å². The van der Waals surface area contributed by atoms with Crippen LogP contribution in [0.25, 0.3) is 5.82 Å². The zero-order valence-corrected chi connectivity index (χ0v) is 13.2. The minimum atomic E-state index is -0.890. The normalized spacial score (nSPS) is 14.9. The highest BCUT2D eigenvalue weighted by Gasteiger charge is 2.24. The molecule has 0 aromatic carbocycles. The summed E-state index contributed by atoms with van der Waals surface area (Å²) in [6.45, 7) is 1.64. The molecule has 0 radical (unpaired) electrons. The van der Waals surface area contributed by atoms with Crippen molar-refractivity contribution in [3.63, 3.8) is 0 Å². The molecule has 0 spiro atoms. The number of carbonyl (C=O) groups excluding carboxylic acids is 2. The second-order valence-corrected chi connectivity index (χ2v) is 5.71. The van der Waals surface area contributed by atoms with Gasteiger partial charge < -0.3 is 15.8 Å². The summed E-state index contributed by atoms with van der Waals surface area (Å²) in [6.07, 6.45) is 4.14. The highest BCUT2D eigenvalue weighted by atomic mass is 16.6. The number of nitrogens with two attached hydrogens (primary N) is 1. The van der Waals surface area contributed by atoms with E-state index in [2.05, 4.69) is 20.4 Å². The van der Waals surface area contributed by atoms with Crippen LogP contribution < -0.4 is 11.1 Å². The number of amides is 2. The standard InChI is InChI=1S/C15H18N6O3/c1-9(24-15(16)23)14-18-8-19-21(14)12-5-4-11(7-17-12)20-13(22)6-10-2-3-10/h4-5,7-10H,2-3,6H2,1H3,(H2,16,23)(H,20,22)/t9-/m0/s1. The lowest BCUT2D eigenvalue weighted by Gasteiger charge is -2.12. The SMILES string of the molecule is C[C@H](OC(N)=O)c1ncnn1-c1ccc(NC(=O)CC2CC2)cn1. The molecule has 24 heavy (non-hydrogen) atoms. The number of nitrogens with one attached hydrogen (secondary N) is 1. The predicted molar refractivity (Wildman–Crippen MR) is 84.2 cm³/mol. The molecule has 1 fully saturated rings. The summed E-state index contributed by atoms with van der Waals surface area (Å²) < 4.78 is 6.35. The summed E-state index contributed by atoms with van der Waals surface area (Å²) >= 11 is 0. The van der Waals surface area contributed by atoms with Crippen LogP contribution in [0.1, 0.15) is 38.1 Å². The minimum Gasteiger partial charge on any atom is -0.438 e. The molecule has 0 bridgehead atoms. The van der Waals surface area contributed by atoms with E-state index in [4.69, 9.17) is 10.5 Å². The number of rotatable bonds is 6. The average Bonchev–Trinajstić information content (AvgIpc) is 3.19. The van der Waals surface area contributed by atoms with Crippen molar-refractivity contribution >= 4 is 17.7 Å². The second kappa shape index (κ2) is 6.65. The fourth-order valence-corrected chi connectivity index (χ4v) is 2.31. The van der Waals surface area contributed by atoms with Crippen LogP contribution >= 0.6 is 0 Å². The Morgan fingerprint density at radius 3 is 2.83 bits per heavy atom. The Morgan fingerprint density at radius 2 is 2.21 bits per heavy atom. The molecule has 3 N–H and O–H groups in total. The summed E-state index contributed by atoms with van der Waals surface area (Å²) in [6, 6.07) is 3.43. The number of aromatic nitrogens is 4. The largest absolute Gasteiger partial charge is 0.438 e. The number of anilines is 1. The van der Waals surface area contributed by atoms with Crippen LogP contribution in [0, 0.1) is 5.92 Å². The van der Waals surface area contributed by atoms with Crippen molar-refractivity contribution in [3.05, 3.63) is 30.5 Å². The number of ether oxygens (including phenoxy) is 1. The lowest BCUT2D eigenvalue weighted by Crippen LogP contribution is -2.18. The van der Waals surface area contributed by atoms with E-state index in [1.54, 1.807) is 25.3 Å². The van der Waals surface area contributed by atoms with Gasteiger partial charge in [-0.1, -0.05) is 0 Å². The molecule has 2 heterocycles. The lowest BCUT2D eigenvalue weighted by atomic mass is 10.2. The van der Waals surface area contributed by atoms with E-state index >= 15 is 0 Å². The van der Waals surface area contributed by atoms with E-state index in [1.165, 1.54) is 11.0 Å². The first kappa shape index (κ1) is 15.9. The van der Waals surface area contributed by atoms with Crippen LogP contribution in [0.2, 0.25) is 0 Å². The Bertz CT molecular complexity index is 738. The van der Waals surface area contributed by atoms with Crippen molar-refractivity contribution in [2.24, 2.45) is 11.7 Å². The van der Waals surface area contributed by atoms with Crippen molar-refractivity contribution in [3.8, 4) is 5.82 Å². The van der Waals surface area contributed by atoms with Gasteiger partial charge in [-0.3, -0.25) is 4.79 Å². The molecule has 2 aromatic heterocycles. The van der Waals surface area contributed by atoms with E-state index in [0.29, 0.717) is 29.7 Å². The first-order chi connectivity index (χ1) is 11.5. The predicted octanol–water partition coefficient (Wildman–Crippen LogP) is 1.56. The van der Waals surface area contributed by atoms with E-state index in [1.807, 2.05) is 0 Å². The Labute approximate surface area is 138 Å². The molecule has 1 saturated carbocycles. The maximum Gasteiger partial charge on any atom is 0.405 e. The molecule has 2 aromatic rings. The molecule has 1 aliphatic rings. The fraction of sp³-hybridized carbons (Fsp3) is 0.400. The Kier molecular flexibility index (Phi) is 4.41. The molecular formula is C15H18N6O3. The average molecular weight is 330 g/mol. The second-order valence-electron chi connectivity index (χ2n) is 5.71. The van der Waals surface area contributed by atoms with Crippen LogP contribution in [0.4, 0.5) is 10.5 Å². The van der Waals surface area contributed by atoms with Gasteiger partial charge in [-0.15, -0.1) is 0 Å². The number of pyridine rings is 1. The first-order valence-electron chi connectivity index (χ1n) is 7.65. The summed E-state index contributed by atoms with van der Waals surface area (Å²) in [5.41, 5.74) is 5.64. The van der Waals surface area contributed by atoms with Gasteiger partial charge in [-0.2, -0.15) is 9.78 Å². The maximum atomic E-state index is 11.8. The van der Waals surface area contributed by atoms with Gasteiger partial charge in [0, 0.05) is 6.42 Å². The molecule has 9 nitrogen and oxygen atoms in total. The smallest absolute Gasteiger partial charge is 0.405 e. The lowest BCUT2D eigenvalue weighted by molar-refractivity contribution is -0.116. The summed E-state index contributed by atoms with van der Waals surface area (Å²) in [5, 5.41) is 6.89. The molecule has 2 amide bonds. The monoisotopic (exact) mass is 330 g/mol. The summed E-state index contributed by atoms with van der Waals surface area (Å²) in [4.78, 5) is 31.0. The zero-order valence-electron chi connectivity index (χ0n) is 13.2. The van der Waals surface area contributed by atoms with Crippen molar-refractivity contribution in [2.45, 2.75) is 32.3 Å². The molecule has 126 valence electrons. The van der Waals surface area contributed by atoms with Gasteiger partial charge in [0.05, 0.1) is 11.9 Å². The number of hydrogen-bond donors (Lipinski definition) is 2. The maximum absolute atomic E-state index is 11.8. The highest BCUT2D eigenvalue weighted by molar-refractivity contribution is 5.90. The molecule has 3 rings (SSSR count). The van der Waals surface area contributed by atoms with Crippen LogP contribution in [-0.4, -0.2) is 31.7 Å². The third-order valence-corrected chi connectivity index (χ3v) is 3.65. The molecular weight excluding hydrogens is 312 g/mol. The summed E-state index contributed by atoms with van der Waals surface area (Å²) in [5.74, 6) is 1.41. The number of nitrogens with zero attached hydrogens (tertiary/aromatic N) is 4. The quantitative estimate of drug-likeness (QED) is 0.828. The minimum absolute atomic E-state index is 0.00280. The third-order valence-electron chi connectivity index (χ3n) is 3.65. The Balaban J connectivity index is 1.70. The van der Waals surface area contributed by atoms with Crippen LogP contribution in [-0.2, 0) is 9.53 Å². The number of hydrogen-bond acceptors (Lipinski definition) is 6. The number of carbonyl (C=O) groups is 2.